The van der Waals surface area contributed by atoms with Crippen LogP contribution in [0.3, 0.4) is 0 Å². The van der Waals surface area contributed by atoms with Crippen molar-refractivity contribution in [2.24, 2.45) is 5.73 Å². The molecule has 0 radical (unpaired) electrons. The maximum atomic E-state index is 5.95. The molecule has 1 fully saturated rings. The standard InChI is InChI=1S/C16H27N3O2/c1-16(2,20-3)6-9-21-15-10-14(11-18-12-15)19-7-4-13(17)5-8-19/h10-13H,4-9,17H2,1-3H3. The van der Waals surface area contributed by atoms with Gasteiger partial charge in [0.1, 0.15) is 5.75 Å². The highest BCUT2D eigenvalue weighted by molar-refractivity contribution is 5.48. The van der Waals surface area contributed by atoms with Crippen LogP contribution in [-0.2, 0) is 4.74 Å². The van der Waals surface area contributed by atoms with Crippen LogP contribution in [0.5, 0.6) is 5.75 Å². The summed E-state index contributed by atoms with van der Waals surface area (Å²) < 4.78 is 11.2. The lowest BCUT2D eigenvalue weighted by Gasteiger charge is -2.31. The van der Waals surface area contributed by atoms with E-state index in [0.29, 0.717) is 12.6 Å². The summed E-state index contributed by atoms with van der Waals surface area (Å²) in [4.78, 5) is 6.61. The fourth-order valence-electron chi connectivity index (χ4n) is 2.33. The van der Waals surface area contributed by atoms with Gasteiger partial charge in [0, 0.05) is 38.7 Å². The first kappa shape index (κ1) is 16.0. The SMILES string of the molecule is COC(C)(C)CCOc1cncc(N2CCC(N)CC2)c1. The first-order chi connectivity index (χ1) is 10.00. The molecule has 1 aromatic heterocycles. The predicted molar refractivity (Wildman–Crippen MR) is 84.9 cm³/mol. The third-order valence-electron chi connectivity index (χ3n) is 4.13. The first-order valence-electron chi connectivity index (χ1n) is 7.64. The molecule has 0 amide bonds. The average Bonchev–Trinajstić information content (AvgIpc) is 2.48. The summed E-state index contributed by atoms with van der Waals surface area (Å²) in [5, 5.41) is 0. The van der Waals surface area contributed by atoms with Gasteiger partial charge in [0.05, 0.1) is 30.3 Å². The molecule has 2 rings (SSSR count). The van der Waals surface area contributed by atoms with Gasteiger partial charge in [-0.05, 0) is 26.7 Å². The number of piperidine rings is 1. The summed E-state index contributed by atoms with van der Waals surface area (Å²) in [6.45, 7) is 6.72. The van der Waals surface area contributed by atoms with E-state index in [1.165, 1.54) is 0 Å². The number of nitrogens with two attached hydrogens (primary N) is 1. The van der Waals surface area contributed by atoms with Gasteiger partial charge in [0.2, 0.25) is 0 Å². The lowest BCUT2D eigenvalue weighted by molar-refractivity contribution is 0.00543. The number of anilines is 1. The van der Waals surface area contributed by atoms with E-state index >= 15 is 0 Å². The molecule has 0 saturated carbocycles. The second-order valence-electron chi connectivity index (χ2n) is 6.27. The lowest BCUT2D eigenvalue weighted by Crippen LogP contribution is -2.39. The molecular formula is C16H27N3O2. The van der Waals surface area contributed by atoms with Gasteiger partial charge in [0.15, 0.2) is 0 Å². The molecule has 1 aliphatic heterocycles. The van der Waals surface area contributed by atoms with Crippen molar-refractivity contribution in [1.29, 1.82) is 0 Å². The Bertz CT molecular complexity index is 443. The van der Waals surface area contributed by atoms with Crippen LogP contribution < -0.4 is 15.4 Å². The molecule has 5 nitrogen and oxygen atoms in total. The number of methoxy groups -OCH3 is 1. The fourth-order valence-corrected chi connectivity index (χ4v) is 2.33. The molecule has 0 spiro atoms. The van der Waals surface area contributed by atoms with E-state index in [0.717, 1.165) is 43.8 Å². The van der Waals surface area contributed by atoms with Crippen LogP contribution in [0.25, 0.3) is 0 Å². The Labute approximate surface area is 127 Å². The number of aromatic nitrogens is 1. The van der Waals surface area contributed by atoms with Gasteiger partial charge < -0.3 is 20.1 Å². The summed E-state index contributed by atoms with van der Waals surface area (Å²) in [6, 6.07) is 2.40. The number of rotatable bonds is 6. The Morgan fingerprint density at radius 1 is 1.33 bits per heavy atom. The zero-order chi connectivity index (χ0) is 15.3. The molecular weight excluding hydrogens is 266 g/mol. The maximum Gasteiger partial charge on any atom is 0.139 e. The van der Waals surface area contributed by atoms with Crippen molar-refractivity contribution in [3.8, 4) is 5.75 Å². The molecule has 2 heterocycles. The fraction of sp³-hybridized carbons (Fsp3) is 0.688. The second-order valence-corrected chi connectivity index (χ2v) is 6.27. The van der Waals surface area contributed by atoms with Crippen LogP contribution in [0, 0.1) is 0 Å². The van der Waals surface area contributed by atoms with Gasteiger partial charge >= 0.3 is 0 Å². The molecule has 0 aromatic carbocycles. The van der Waals surface area contributed by atoms with Gasteiger partial charge in [-0.2, -0.15) is 0 Å². The first-order valence-corrected chi connectivity index (χ1v) is 7.64. The monoisotopic (exact) mass is 293 g/mol. The van der Waals surface area contributed by atoms with Crippen LogP contribution >= 0.6 is 0 Å². The van der Waals surface area contributed by atoms with Crippen molar-refractivity contribution in [2.75, 3.05) is 31.7 Å². The number of pyridine rings is 1. The number of hydrogen-bond donors (Lipinski definition) is 1. The van der Waals surface area contributed by atoms with E-state index in [2.05, 4.69) is 29.8 Å². The molecule has 0 atom stereocenters. The normalized spacial score (nSPS) is 17.0. The quantitative estimate of drug-likeness (QED) is 0.871. The number of nitrogens with zero attached hydrogens (tertiary/aromatic N) is 2. The van der Waals surface area contributed by atoms with E-state index in [1.807, 2.05) is 6.20 Å². The van der Waals surface area contributed by atoms with Crippen molar-refractivity contribution in [2.45, 2.75) is 44.8 Å². The van der Waals surface area contributed by atoms with E-state index < -0.39 is 0 Å². The minimum atomic E-state index is -0.159. The zero-order valence-electron chi connectivity index (χ0n) is 13.3. The van der Waals surface area contributed by atoms with Crippen molar-refractivity contribution >= 4 is 5.69 Å². The Balaban J connectivity index is 1.89. The predicted octanol–water partition coefficient (Wildman–Crippen LogP) is 2.20. The summed E-state index contributed by atoms with van der Waals surface area (Å²) >= 11 is 0. The highest BCUT2D eigenvalue weighted by Crippen LogP contribution is 2.23. The lowest BCUT2D eigenvalue weighted by atomic mass is 10.1. The maximum absolute atomic E-state index is 5.95. The molecule has 1 aromatic rings. The second kappa shape index (κ2) is 7.09. The van der Waals surface area contributed by atoms with Gasteiger partial charge in [-0.1, -0.05) is 0 Å². The topological polar surface area (TPSA) is 60.6 Å². The van der Waals surface area contributed by atoms with Crippen LogP contribution in [0.4, 0.5) is 5.69 Å². The summed E-state index contributed by atoms with van der Waals surface area (Å²) in [6.07, 6.45) is 6.56. The highest BCUT2D eigenvalue weighted by Gasteiger charge is 2.18. The summed E-state index contributed by atoms with van der Waals surface area (Å²) in [5.74, 6) is 0.814. The van der Waals surface area contributed by atoms with Crippen molar-refractivity contribution < 1.29 is 9.47 Å². The van der Waals surface area contributed by atoms with Gasteiger partial charge in [-0.15, -0.1) is 0 Å². The minimum absolute atomic E-state index is 0.159. The Morgan fingerprint density at radius 2 is 2.05 bits per heavy atom. The molecule has 5 heteroatoms. The average molecular weight is 293 g/mol. The molecule has 2 N–H and O–H groups in total. The summed E-state index contributed by atoms with van der Waals surface area (Å²) in [7, 11) is 1.73. The number of hydrogen-bond acceptors (Lipinski definition) is 5. The molecule has 1 saturated heterocycles. The highest BCUT2D eigenvalue weighted by atomic mass is 16.5. The van der Waals surface area contributed by atoms with Gasteiger partial charge in [-0.25, -0.2) is 0 Å². The largest absolute Gasteiger partial charge is 0.492 e. The van der Waals surface area contributed by atoms with Crippen LogP contribution in [0.1, 0.15) is 33.1 Å². The van der Waals surface area contributed by atoms with Gasteiger partial charge in [0.25, 0.3) is 0 Å². The molecule has 0 unspecified atom stereocenters. The van der Waals surface area contributed by atoms with Crippen LogP contribution in [0.2, 0.25) is 0 Å². The van der Waals surface area contributed by atoms with Crippen molar-refractivity contribution in [3.05, 3.63) is 18.5 Å². The van der Waals surface area contributed by atoms with E-state index in [4.69, 9.17) is 15.2 Å². The molecule has 118 valence electrons. The third kappa shape index (κ3) is 4.86. The molecule has 0 bridgehead atoms. The Hall–Kier alpha value is -1.33. The van der Waals surface area contributed by atoms with Gasteiger partial charge in [-0.3, -0.25) is 4.98 Å². The molecule has 0 aliphatic carbocycles. The Kier molecular flexibility index (Phi) is 5.42. The third-order valence-corrected chi connectivity index (χ3v) is 4.13. The van der Waals surface area contributed by atoms with Crippen molar-refractivity contribution in [3.63, 3.8) is 0 Å². The smallest absolute Gasteiger partial charge is 0.139 e. The van der Waals surface area contributed by atoms with E-state index in [-0.39, 0.29) is 5.60 Å². The zero-order valence-corrected chi connectivity index (χ0v) is 13.3. The molecule has 21 heavy (non-hydrogen) atoms. The van der Waals surface area contributed by atoms with Crippen LogP contribution in [-0.4, -0.2) is 43.4 Å². The van der Waals surface area contributed by atoms with E-state index in [1.54, 1.807) is 13.3 Å². The summed E-state index contributed by atoms with van der Waals surface area (Å²) in [5.41, 5.74) is 6.90. The van der Waals surface area contributed by atoms with Crippen molar-refractivity contribution in [1.82, 2.24) is 4.98 Å². The number of ether oxygens (including phenoxy) is 2. The van der Waals surface area contributed by atoms with E-state index in [9.17, 15) is 0 Å². The Morgan fingerprint density at radius 3 is 2.71 bits per heavy atom. The van der Waals surface area contributed by atoms with Crippen LogP contribution in [0.15, 0.2) is 18.5 Å². The minimum Gasteiger partial charge on any atom is -0.492 e. The molecule has 1 aliphatic rings.